The predicted octanol–water partition coefficient (Wildman–Crippen LogP) is 3.30. The van der Waals surface area contributed by atoms with Crippen LogP contribution in [0.15, 0.2) is 0 Å². The quantitative estimate of drug-likeness (QED) is 0.899. The Balaban J connectivity index is 1.91. The van der Waals surface area contributed by atoms with Crippen LogP contribution in [0.3, 0.4) is 0 Å². The third kappa shape index (κ3) is 3.82. The van der Waals surface area contributed by atoms with E-state index in [0.29, 0.717) is 24.4 Å². The smallest absolute Gasteiger partial charge is 0.388 e. The standard InChI is InChI=1S/C12H18F3N3OS/c1-10(2)3-5-11(19,6-4-10)7-16-9-17-8(18-20-9)12(13,14)15/h19H,3-7H2,1-2H3,(H,16,17,18). The van der Waals surface area contributed by atoms with Gasteiger partial charge >= 0.3 is 6.18 Å². The van der Waals surface area contributed by atoms with Gasteiger partial charge in [-0.15, -0.1) is 0 Å². The minimum atomic E-state index is -4.53. The Hall–Kier alpha value is -0.890. The van der Waals surface area contributed by atoms with E-state index in [9.17, 15) is 18.3 Å². The van der Waals surface area contributed by atoms with Crippen molar-refractivity contribution in [1.82, 2.24) is 9.36 Å². The zero-order valence-electron chi connectivity index (χ0n) is 11.4. The highest BCUT2D eigenvalue weighted by atomic mass is 32.1. The van der Waals surface area contributed by atoms with E-state index in [1.807, 2.05) is 0 Å². The number of nitrogens with zero attached hydrogens (tertiary/aromatic N) is 2. The Kier molecular flexibility index (Phi) is 3.98. The Labute approximate surface area is 119 Å². The van der Waals surface area contributed by atoms with Crippen molar-refractivity contribution in [3.8, 4) is 0 Å². The van der Waals surface area contributed by atoms with Gasteiger partial charge in [0.1, 0.15) is 0 Å². The molecule has 20 heavy (non-hydrogen) atoms. The van der Waals surface area contributed by atoms with Crippen LogP contribution in [-0.2, 0) is 6.18 Å². The van der Waals surface area contributed by atoms with Gasteiger partial charge in [0, 0.05) is 18.1 Å². The van der Waals surface area contributed by atoms with Crippen LogP contribution in [0.1, 0.15) is 45.4 Å². The van der Waals surface area contributed by atoms with Crippen molar-refractivity contribution in [2.75, 3.05) is 11.9 Å². The first-order chi connectivity index (χ1) is 9.10. The molecule has 114 valence electrons. The van der Waals surface area contributed by atoms with Crippen LogP contribution < -0.4 is 5.32 Å². The number of alkyl halides is 3. The number of halogens is 3. The molecule has 1 aromatic heterocycles. The van der Waals surface area contributed by atoms with Gasteiger partial charge in [0.15, 0.2) is 0 Å². The van der Waals surface area contributed by atoms with Crippen LogP contribution in [0.2, 0.25) is 0 Å². The number of hydrogen-bond donors (Lipinski definition) is 2. The number of nitrogens with one attached hydrogen (secondary N) is 1. The Morgan fingerprint density at radius 1 is 1.25 bits per heavy atom. The number of aliphatic hydroxyl groups is 1. The summed E-state index contributed by atoms with van der Waals surface area (Å²) < 4.78 is 40.3. The van der Waals surface area contributed by atoms with Gasteiger partial charge in [-0.25, -0.2) is 0 Å². The molecular weight excluding hydrogens is 291 g/mol. The highest BCUT2D eigenvalue weighted by Gasteiger charge is 2.38. The molecule has 4 nitrogen and oxygen atoms in total. The van der Waals surface area contributed by atoms with Gasteiger partial charge in [-0.05, 0) is 31.1 Å². The van der Waals surface area contributed by atoms with Gasteiger partial charge in [0.25, 0.3) is 0 Å². The summed E-state index contributed by atoms with van der Waals surface area (Å²) in [6.45, 7) is 4.51. The van der Waals surface area contributed by atoms with Gasteiger partial charge in [-0.1, -0.05) is 13.8 Å². The minimum absolute atomic E-state index is 0.0931. The lowest BCUT2D eigenvalue weighted by Gasteiger charge is -2.40. The molecule has 1 saturated carbocycles. The largest absolute Gasteiger partial charge is 0.452 e. The maximum absolute atomic E-state index is 12.4. The fourth-order valence-electron chi connectivity index (χ4n) is 2.22. The van der Waals surface area contributed by atoms with E-state index in [4.69, 9.17) is 0 Å². The van der Waals surface area contributed by atoms with Crippen LogP contribution in [-0.4, -0.2) is 26.6 Å². The fourth-order valence-corrected chi connectivity index (χ4v) is 2.80. The molecule has 2 N–H and O–H groups in total. The molecule has 8 heteroatoms. The summed E-state index contributed by atoms with van der Waals surface area (Å²) in [6.07, 6.45) is -1.46. The van der Waals surface area contributed by atoms with E-state index in [1.165, 1.54) is 0 Å². The number of anilines is 1. The summed E-state index contributed by atoms with van der Waals surface area (Å²) in [6, 6.07) is 0. The van der Waals surface area contributed by atoms with E-state index in [-0.39, 0.29) is 17.1 Å². The molecule has 0 unspecified atom stereocenters. The molecule has 0 atom stereocenters. The molecule has 1 aromatic rings. The maximum atomic E-state index is 12.4. The molecule has 0 saturated heterocycles. The van der Waals surface area contributed by atoms with E-state index in [0.717, 1.165) is 12.8 Å². The van der Waals surface area contributed by atoms with Crippen molar-refractivity contribution in [3.05, 3.63) is 5.82 Å². The summed E-state index contributed by atoms with van der Waals surface area (Å²) in [5.74, 6) is -1.14. The molecule has 1 fully saturated rings. The molecule has 0 aliphatic heterocycles. The molecule has 1 aliphatic rings. The zero-order valence-corrected chi connectivity index (χ0v) is 12.2. The van der Waals surface area contributed by atoms with Crippen LogP contribution in [0.4, 0.5) is 18.3 Å². The van der Waals surface area contributed by atoms with Crippen LogP contribution in [0, 0.1) is 5.41 Å². The number of rotatable bonds is 3. The molecule has 0 spiro atoms. The zero-order chi connectivity index (χ0) is 15.0. The van der Waals surface area contributed by atoms with E-state index < -0.39 is 17.6 Å². The average Bonchev–Trinajstić information content (AvgIpc) is 2.80. The second kappa shape index (κ2) is 5.14. The Morgan fingerprint density at radius 2 is 1.85 bits per heavy atom. The normalized spacial score (nSPS) is 21.7. The summed E-state index contributed by atoms with van der Waals surface area (Å²) in [5, 5.41) is 13.3. The topological polar surface area (TPSA) is 58.0 Å². The lowest BCUT2D eigenvalue weighted by Crippen LogP contribution is -2.42. The monoisotopic (exact) mass is 309 g/mol. The Bertz CT molecular complexity index is 463. The minimum Gasteiger partial charge on any atom is -0.388 e. The van der Waals surface area contributed by atoms with E-state index >= 15 is 0 Å². The van der Waals surface area contributed by atoms with Crippen molar-refractivity contribution in [2.24, 2.45) is 5.41 Å². The van der Waals surface area contributed by atoms with Gasteiger partial charge in [0.2, 0.25) is 11.0 Å². The molecular formula is C12H18F3N3OS. The number of aromatic nitrogens is 2. The maximum Gasteiger partial charge on any atom is 0.452 e. The first-order valence-electron chi connectivity index (χ1n) is 6.47. The molecule has 1 heterocycles. The summed E-state index contributed by atoms with van der Waals surface area (Å²) >= 11 is 0.660. The molecule has 0 radical (unpaired) electrons. The van der Waals surface area contributed by atoms with Crippen LogP contribution in [0.25, 0.3) is 0 Å². The van der Waals surface area contributed by atoms with Crippen LogP contribution in [0.5, 0.6) is 0 Å². The third-order valence-electron chi connectivity index (χ3n) is 3.78. The first-order valence-corrected chi connectivity index (χ1v) is 7.24. The van der Waals surface area contributed by atoms with Crippen molar-refractivity contribution < 1.29 is 18.3 Å². The van der Waals surface area contributed by atoms with E-state index in [1.54, 1.807) is 0 Å². The first kappa shape index (κ1) is 15.5. The number of hydrogen-bond acceptors (Lipinski definition) is 5. The van der Waals surface area contributed by atoms with Gasteiger partial charge < -0.3 is 10.4 Å². The summed E-state index contributed by atoms with van der Waals surface area (Å²) in [4.78, 5) is 3.39. The lowest BCUT2D eigenvalue weighted by molar-refractivity contribution is -0.144. The van der Waals surface area contributed by atoms with Crippen molar-refractivity contribution >= 4 is 16.7 Å². The van der Waals surface area contributed by atoms with Crippen molar-refractivity contribution in [3.63, 3.8) is 0 Å². The molecule has 1 aliphatic carbocycles. The third-order valence-corrected chi connectivity index (χ3v) is 4.46. The molecule has 0 bridgehead atoms. The highest BCUT2D eigenvalue weighted by molar-refractivity contribution is 7.09. The highest BCUT2D eigenvalue weighted by Crippen LogP contribution is 2.40. The second-order valence-corrected chi connectivity index (χ2v) is 6.91. The van der Waals surface area contributed by atoms with Gasteiger partial charge in [-0.2, -0.15) is 22.5 Å². The summed E-state index contributed by atoms with van der Waals surface area (Å²) in [5.41, 5.74) is -0.655. The average molecular weight is 309 g/mol. The van der Waals surface area contributed by atoms with Gasteiger partial charge in [0.05, 0.1) is 5.60 Å². The molecule has 0 amide bonds. The van der Waals surface area contributed by atoms with Gasteiger partial charge in [-0.3, -0.25) is 0 Å². The van der Waals surface area contributed by atoms with Crippen LogP contribution >= 0.6 is 11.5 Å². The second-order valence-electron chi connectivity index (χ2n) is 6.16. The molecule has 2 rings (SSSR count). The molecule has 0 aromatic carbocycles. The fraction of sp³-hybridized carbons (Fsp3) is 0.833. The SMILES string of the molecule is CC1(C)CCC(O)(CNc2nc(C(F)(F)F)ns2)CC1. The lowest BCUT2D eigenvalue weighted by atomic mass is 9.71. The van der Waals surface area contributed by atoms with Crippen molar-refractivity contribution in [1.29, 1.82) is 0 Å². The van der Waals surface area contributed by atoms with Crippen molar-refractivity contribution in [2.45, 2.75) is 51.3 Å². The predicted molar refractivity (Wildman–Crippen MR) is 70.6 cm³/mol. The Morgan fingerprint density at radius 3 is 2.35 bits per heavy atom. The summed E-state index contributed by atoms with van der Waals surface area (Å²) in [7, 11) is 0. The van der Waals surface area contributed by atoms with E-state index in [2.05, 4.69) is 28.5 Å².